The van der Waals surface area contributed by atoms with Crippen LogP contribution < -0.4 is 0 Å². The molecule has 0 radical (unpaired) electrons. The van der Waals surface area contributed by atoms with Crippen molar-refractivity contribution in [3.63, 3.8) is 0 Å². The minimum absolute atomic E-state index is 0.266. The summed E-state index contributed by atoms with van der Waals surface area (Å²) in [5.74, 6) is 0.398. The molecule has 1 aliphatic rings. The van der Waals surface area contributed by atoms with E-state index in [-0.39, 0.29) is 11.5 Å². The van der Waals surface area contributed by atoms with E-state index in [1.54, 1.807) is 4.68 Å². The first-order valence-corrected chi connectivity index (χ1v) is 6.02. The SMILES string of the molecule is Cn1cc(CC(O)C2CCCC2(C)C)nn1. The van der Waals surface area contributed by atoms with Crippen molar-refractivity contribution >= 4 is 0 Å². The third kappa shape index (κ3) is 2.26. The third-order valence-electron chi connectivity index (χ3n) is 3.87. The minimum atomic E-state index is -0.283. The van der Waals surface area contributed by atoms with Crippen LogP contribution in [0, 0.1) is 11.3 Å². The highest BCUT2D eigenvalue weighted by molar-refractivity contribution is 4.98. The molecule has 0 spiro atoms. The summed E-state index contributed by atoms with van der Waals surface area (Å²) in [4.78, 5) is 0. The quantitative estimate of drug-likeness (QED) is 0.845. The van der Waals surface area contributed by atoms with Gasteiger partial charge in [0.25, 0.3) is 0 Å². The Bertz CT molecular complexity index is 359. The van der Waals surface area contributed by atoms with Crippen LogP contribution in [0.4, 0.5) is 0 Å². The lowest BCUT2D eigenvalue weighted by molar-refractivity contribution is 0.0536. The Balaban J connectivity index is 2.00. The molecular formula is C12H21N3O. The lowest BCUT2D eigenvalue weighted by atomic mass is 9.77. The molecule has 2 rings (SSSR count). The summed E-state index contributed by atoms with van der Waals surface area (Å²) >= 11 is 0. The van der Waals surface area contributed by atoms with Crippen molar-refractivity contribution in [3.05, 3.63) is 11.9 Å². The van der Waals surface area contributed by atoms with Gasteiger partial charge < -0.3 is 5.11 Å². The summed E-state index contributed by atoms with van der Waals surface area (Å²) in [6.07, 6.45) is 5.81. The lowest BCUT2D eigenvalue weighted by Gasteiger charge is -2.30. The first-order chi connectivity index (χ1) is 7.49. The van der Waals surface area contributed by atoms with Crippen LogP contribution in [-0.4, -0.2) is 26.2 Å². The van der Waals surface area contributed by atoms with Gasteiger partial charge in [0, 0.05) is 19.7 Å². The molecule has 1 fully saturated rings. The van der Waals surface area contributed by atoms with E-state index in [1.807, 2.05) is 13.2 Å². The van der Waals surface area contributed by atoms with Crippen LogP contribution in [-0.2, 0) is 13.5 Å². The van der Waals surface area contributed by atoms with Gasteiger partial charge in [0.05, 0.1) is 11.8 Å². The first-order valence-electron chi connectivity index (χ1n) is 6.02. The Kier molecular flexibility index (Phi) is 3.02. The van der Waals surface area contributed by atoms with Gasteiger partial charge in [-0.25, -0.2) is 0 Å². The van der Waals surface area contributed by atoms with E-state index in [0.29, 0.717) is 12.3 Å². The van der Waals surface area contributed by atoms with E-state index in [4.69, 9.17) is 0 Å². The molecule has 1 saturated carbocycles. The Morgan fingerprint density at radius 1 is 1.62 bits per heavy atom. The summed E-state index contributed by atoms with van der Waals surface area (Å²) in [5, 5.41) is 18.2. The second kappa shape index (κ2) is 4.17. The van der Waals surface area contributed by atoms with Crippen LogP contribution in [0.2, 0.25) is 0 Å². The molecule has 2 atom stereocenters. The zero-order valence-electron chi connectivity index (χ0n) is 10.3. The number of aryl methyl sites for hydroxylation is 1. The molecule has 16 heavy (non-hydrogen) atoms. The van der Waals surface area contributed by atoms with Gasteiger partial charge in [-0.1, -0.05) is 25.5 Å². The molecule has 1 aromatic heterocycles. The second-order valence-corrected chi connectivity index (χ2v) is 5.64. The van der Waals surface area contributed by atoms with Gasteiger partial charge in [0.2, 0.25) is 0 Å². The smallest absolute Gasteiger partial charge is 0.0852 e. The zero-order valence-corrected chi connectivity index (χ0v) is 10.3. The van der Waals surface area contributed by atoms with Crippen LogP contribution >= 0.6 is 0 Å². The molecule has 1 aliphatic carbocycles. The molecule has 4 heteroatoms. The average Bonchev–Trinajstić information content (AvgIpc) is 2.72. The Hall–Kier alpha value is -0.900. The van der Waals surface area contributed by atoms with Crippen LogP contribution in [0.25, 0.3) is 0 Å². The van der Waals surface area contributed by atoms with Crippen molar-refractivity contribution in [2.45, 2.75) is 45.6 Å². The number of aliphatic hydroxyl groups excluding tert-OH is 1. The van der Waals surface area contributed by atoms with Crippen LogP contribution in [0.15, 0.2) is 6.20 Å². The second-order valence-electron chi connectivity index (χ2n) is 5.64. The van der Waals surface area contributed by atoms with Gasteiger partial charge in [0.15, 0.2) is 0 Å². The molecule has 1 heterocycles. The molecule has 4 nitrogen and oxygen atoms in total. The summed E-state index contributed by atoms with van der Waals surface area (Å²) in [6, 6.07) is 0. The van der Waals surface area contributed by atoms with Crippen molar-refractivity contribution in [3.8, 4) is 0 Å². The number of aromatic nitrogens is 3. The standard InChI is InChI=1S/C12H21N3O/c1-12(2)6-4-5-10(12)11(16)7-9-8-15(3)14-13-9/h8,10-11,16H,4-7H2,1-3H3. The van der Waals surface area contributed by atoms with E-state index in [2.05, 4.69) is 24.2 Å². The highest BCUT2D eigenvalue weighted by Crippen LogP contribution is 2.44. The molecule has 0 bridgehead atoms. The van der Waals surface area contributed by atoms with Crippen LogP contribution in [0.5, 0.6) is 0 Å². The Labute approximate surface area is 96.7 Å². The number of rotatable bonds is 3. The Morgan fingerprint density at radius 2 is 2.38 bits per heavy atom. The highest BCUT2D eigenvalue weighted by Gasteiger charge is 2.38. The molecule has 90 valence electrons. The van der Waals surface area contributed by atoms with E-state index < -0.39 is 0 Å². The summed E-state index contributed by atoms with van der Waals surface area (Å²) < 4.78 is 1.68. The van der Waals surface area contributed by atoms with Gasteiger partial charge in [0.1, 0.15) is 0 Å². The number of aliphatic hydroxyl groups is 1. The zero-order chi connectivity index (χ0) is 11.8. The maximum Gasteiger partial charge on any atom is 0.0852 e. The number of hydrogen-bond donors (Lipinski definition) is 1. The maximum atomic E-state index is 10.3. The number of nitrogens with zero attached hydrogens (tertiary/aromatic N) is 3. The fourth-order valence-electron chi connectivity index (χ4n) is 2.91. The fraction of sp³-hybridized carbons (Fsp3) is 0.833. The van der Waals surface area contributed by atoms with Gasteiger partial charge in [-0.3, -0.25) is 4.68 Å². The molecule has 1 aromatic rings. The molecule has 0 aromatic carbocycles. The van der Waals surface area contributed by atoms with E-state index in [0.717, 1.165) is 12.1 Å². The fourth-order valence-corrected chi connectivity index (χ4v) is 2.91. The molecular weight excluding hydrogens is 202 g/mol. The van der Waals surface area contributed by atoms with Crippen LogP contribution in [0.3, 0.4) is 0 Å². The summed E-state index contributed by atoms with van der Waals surface area (Å²) in [7, 11) is 1.85. The average molecular weight is 223 g/mol. The minimum Gasteiger partial charge on any atom is -0.392 e. The van der Waals surface area contributed by atoms with Crippen molar-refractivity contribution in [1.82, 2.24) is 15.0 Å². The third-order valence-corrected chi connectivity index (χ3v) is 3.87. The maximum absolute atomic E-state index is 10.3. The molecule has 1 N–H and O–H groups in total. The normalized spacial score (nSPS) is 25.9. The predicted octanol–water partition coefficient (Wildman–Crippen LogP) is 1.54. The first kappa shape index (κ1) is 11.6. The Morgan fingerprint density at radius 3 is 2.88 bits per heavy atom. The molecule has 0 aliphatic heterocycles. The largest absolute Gasteiger partial charge is 0.392 e. The molecule has 0 saturated heterocycles. The van der Waals surface area contributed by atoms with E-state index in [9.17, 15) is 5.11 Å². The molecule has 0 amide bonds. The lowest BCUT2D eigenvalue weighted by Crippen LogP contribution is -2.31. The van der Waals surface area contributed by atoms with Crippen molar-refractivity contribution < 1.29 is 5.11 Å². The number of hydrogen-bond acceptors (Lipinski definition) is 3. The summed E-state index contributed by atoms with van der Waals surface area (Å²) in [5.41, 5.74) is 1.15. The van der Waals surface area contributed by atoms with Crippen molar-refractivity contribution in [1.29, 1.82) is 0 Å². The highest BCUT2D eigenvalue weighted by atomic mass is 16.3. The van der Waals surface area contributed by atoms with Crippen molar-refractivity contribution in [2.75, 3.05) is 0 Å². The van der Waals surface area contributed by atoms with E-state index in [1.165, 1.54) is 12.8 Å². The predicted molar refractivity (Wildman–Crippen MR) is 61.8 cm³/mol. The van der Waals surface area contributed by atoms with Gasteiger partial charge in [-0.15, -0.1) is 5.10 Å². The van der Waals surface area contributed by atoms with Crippen LogP contribution in [0.1, 0.15) is 38.8 Å². The summed E-state index contributed by atoms with van der Waals surface area (Å²) in [6.45, 7) is 4.51. The van der Waals surface area contributed by atoms with E-state index >= 15 is 0 Å². The van der Waals surface area contributed by atoms with Gasteiger partial charge in [-0.2, -0.15) is 0 Å². The van der Waals surface area contributed by atoms with Gasteiger partial charge in [-0.05, 0) is 24.2 Å². The topological polar surface area (TPSA) is 50.9 Å². The molecule has 2 unspecified atom stereocenters. The van der Waals surface area contributed by atoms with Crippen molar-refractivity contribution in [2.24, 2.45) is 18.4 Å². The monoisotopic (exact) mass is 223 g/mol. The van der Waals surface area contributed by atoms with Gasteiger partial charge >= 0.3 is 0 Å².